The van der Waals surface area contributed by atoms with E-state index < -0.39 is 0 Å². The van der Waals surface area contributed by atoms with E-state index in [0.717, 1.165) is 22.6 Å². The Morgan fingerprint density at radius 3 is 2.43 bits per heavy atom. The van der Waals surface area contributed by atoms with Gasteiger partial charge in [0.25, 0.3) is 0 Å². The second-order valence-electron chi connectivity index (χ2n) is 4.99. The normalized spacial score (nSPS) is 14.2. The highest BCUT2D eigenvalue weighted by Gasteiger charge is 2.24. The van der Waals surface area contributed by atoms with E-state index in [2.05, 4.69) is 0 Å². The Hall–Kier alpha value is -2.55. The van der Waals surface area contributed by atoms with Crippen LogP contribution in [0.3, 0.4) is 0 Å². The average Bonchev–Trinajstić information content (AvgIpc) is 2.90. The fourth-order valence-corrected chi connectivity index (χ4v) is 2.51. The SMILES string of the molecule is COc1ccc(C2=CCC(=O)N2Cc2ccccc2)cc1. The first-order valence-corrected chi connectivity index (χ1v) is 6.97. The Balaban J connectivity index is 1.84. The number of amides is 1. The van der Waals surface area contributed by atoms with E-state index in [1.807, 2.05) is 65.6 Å². The number of hydrogen-bond acceptors (Lipinski definition) is 2. The zero-order chi connectivity index (χ0) is 14.7. The second-order valence-corrected chi connectivity index (χ2v) is 4.99. The molecule has 3 nitrogen and oxygen atoms in total. The molecule has 0 atom stereocenters. The Morgan fingerprint density at radius 1 is 1.05 bits per heavy atom. The molecule has 0 bridgehead atoms. The van der Waals surface area contributed by atoms with Gasteiger partial charge >= 0.3 is 0 Å². The molecule has 0 aliphatic carbocycles. The third kappa shape index (κ3) is 2.82. The van der Waals surface area contributed by atoms with Gasteiger partial charge in [-0.25, -0.2) is 0 Å². The minimum atomic E-state index is 0.143. The maximum absolute atomic E-state index is 12.1. The first-order chi connectivity index (χ1) is 10.3. The van der Waals surface area contributed by atoms with Crippen molar-refractivity contribution < 1.29 is 9.53 Å². The van der Waals surface area contributed by atoms with Crippen molar-refractivity contribution >= 4 is 11.6 Å². The molecule has 3 heteroatoms. The maximum atomic E-state index is 12.1. The average molecular weight is 279 g/mol. The predicted octanol–water partition coefficient (Wildman–Crippen LogP) is 3.47. The molecule has 2 aromatic rings. The third-order valence-electron chi connectivity index (χ3n) is 3.63. The topological polar surface area (TPSA) is 29.5 Å². The summed E-state index contributed by atoms with van der Waals surface area (Å²) in [5.41, 5.74) is 3.15. The predicted molar refractivity (Wildman–Crippen MR) is 82.6 cm³/mol. The van der Waals surface area contributed by atoms with Crippen molar-refractivity contribution in [2.45, 2.75) is 13.0 Å². The van der Waals surface area contributed by atoms with Gasteiger partial charge in [-0.1, -0.05) is 36.4 Å². The van der Waals surface area contributed by atoms with Gasteiger partial charge in [0.2, 0.25) is 5.91 Å². The van der Waals surface area contributed by atoms with Crippen LogP contribution in [0.2, 0.25) is 0 Å². The summed E-state index contributed by atoms with van der Waals surface area (Å²) in [6.07, 6.45) is 2.46. The first kappa shape index (κ1) is 13.4. The second kappa shape index (κ2) is 5.83. The van der Waals surface area contributed by atoms with Crippen molar-refractivity contribution in [1.29, 1.82) is 0 Å². The van der Waals surface area contributed by atoms with Crippen LogP contribution in [-0.4, -0.2) is 17.9 Å². The number of benzene rings is 2. The summed E-state index contributed by atoms with van der Waals surface area (Å²) in [6, 6.07) is 17.9. The van der Waals surface area contributed by atoms with E-state index in [4.69, 9.17) is 4.74 Å². The fraction of sp³-hybridized carbons (Fsp3) is 0.167. The van der Waals surface area contributed by atoms with Crippen molar-refractivity contribution in [3.8, 4) is 5.75 Å². The smallest absolute Gasteiger partial charge is 0.231 e. The first-order valence-electron chi connectivity index (χ1n) is 6.97. The molecule has 0 radical (unpaired) electrons. The lowest BCUT2D eigenvalue weighted by Gasteiger charge is -2.21. The Morgan fingerprint density at radius 2 is 1.76 bits per heavy atom. The number of carbonyl (C=O) groups excluding carboxylic acids is 1. The van der Waals surface area contributed by atoms with Crippen LogP contribution < -0.4 is 4.74 Å². The van der Waals surface area contributed by atoms with Crippen LogP contribution in [0.4, 0.5) is 0 Å². The molecule has 1 amide bonds. The Bertz CT molecular complexity index is 659. The van der Waals surface area contributed by atoms with E-state index in [1.54, 1.807) is 7.11 Å². The van der Waals surface area contributed by atoms with E-state index in [0.29, 0.717) is 13.0 Å². The van der Waals surface area contributed by atoms with Crippen LogP contribution in [0.15, 0.2) is 60.7 Å². The summed E-state index contributed by atoms with van der Waals surface area (Å²) in [4.78, 5) is 14.0. The summed E-state index contributed by atoms with van der Waals surface area (Å²) in [5, 5.41) is 0. The molecule has 0 N–H and O–H groups in total. The number of carbonyl (C=O) groups is 1. The number of rotatable bonds is 4. The molecule has 0 fully saturated rings. The number of methoxy groups -OCH3 is 1. The molecule has 0 aromatic heterocycles. The maximum Gasteiger partial charge on any atom is 0.231 e. The Kier molecular flexibility index (Phi) is 3.73. The molecule has 0 unspecified atom stereocenters. The number of nitrogens with zero attached hydrogens (tertiary/aromatic N) is 1. The monoisotopic (exact) mass is 279 g/mol. The lowest BCUT2D eigenvalue weighted by atomic mass is 10.1. The molecule has 0 saturated heterocycles. The van der Waals surface area contributed by atoms with E-state index in [1.165, 1.54) is 0 Å². The zero-order valence-corrected chi connectivity index (χ0v) is 12.0. The summed E-state index contributed by atoms with van der Waals surface area (Å²) in [7, 11) is 1.65. The van der Waals surface area contributed by atoms with Crippen LogP contribution in [0.1, 0.15) is 17.5 Å². The summed E-state index contributed by atoms with van der Waals surface area (Å²) in [5.74, 6) is 0.961. The molecule has 106 valence electrons. The zero-order valence-electron chi connectivity index (χ0n) is 12.0. The van der Waals surface area contributed by atoms with Gasteiger partial charge in [0.05, 0.1) is 13.7 Å². The summed E-state index contributed by atoms with van der Waals surface area (Å²) >= 11 is 0. The largest absolute Gasteiger partial charge is 0.497 e. The van der Waals surface area contributed by atoms with Crippen molar-refractivity contribution in [3.63, 3.8) is 0 Å². The molecule has 3 rings (SSSR count). The lowest BCUT2D eigenvalue weighted by molar-refractivity contribution is -0.126. The molecule has 0 saturated carbocycles. The molecule has 1 aliphatic heterocycles. The van der Waals surface area contributed by atoms with Crippen molar-refractivity contribution in [3.05, 3.63) is 71.8 Å². The molecule has 21 heavy (non-hydrogen) atoms. The van der Waals surface area contributed by atoms with Gasteiger partial charge < -0.3 is 9.64 Å². The highest BCUT2D eigenvalue weighted by Crippen LogP contribution is 2.29. The standard InChI is InChI=1S/C18H17NO2/c1-21-16-9-7-15(8-10-16)17-11-12-18(20)19(17)13-14-5-3-2-4-6-14/h2-11H,12-13H2,1H3. The van der Waals surface area contributed by atoms with Crippen LogP contribution in [0, 0.1) is 0 Å². The van der Waals surface area contributed by atoms with Gasteiger partial charge in [-0.15, -0.1) is 0 Å². The van der Waals surface area contributed by atoms with Gasteiger partial charge in [-0.3, -0.25) is 4.79 Å². The van der Waals surface area contributed by atoms with Crippen molar-refractivity contribution in [2.24, 2.45) is 0 Å². The quantitative estimate of drug-likeness (QED) is 0.857. The number of hydrogen-bond donors (Lipinski definition) is 0. The lowest BCUT2D eigenvalue weighted by Crippen LogP contribution is -2.24. The highest BCUT2D eigenvalue weighted by molar-refractivity contribution is 5.93. The van der Waals surface area contributed by atoms with Crippen LogP contribution >= 0.6 is 0 Å². The minimum Gasteiger partial charge on any atom is -0.497 e. The molecular weight excluding hydrogens is 262 g/mol. The van der Waals surface area contributed by atoms with Crippen molar-refractivity contribution in [2.75, 3.05) is 7.11 Å². The minimum absolute atomic E-state index is 0.143. The Labute approximate surface area is 124 Å². The van der Waals surface area contributed by atoms with Gasteiger partial charge in [0.15, 0.2) is 0 Å². The van der Waals surface area contributed by atoms with Gasteiger partial charge in [0.1, 0.15) is 5.75 Å². The molecular formula is C18H17NO2. The summed E-state index contributed by atoms with van der Waals surface area (Å²) in [6.45, 7) is 0.609. The van der Waals surface area contributed by atoms with E-state index in [-0.39, 0.29) is 5.91 Å². The summed E-state index contributed by atoms with van der Waals surface area (Å²) < 4.78 is 5.18. The van der Waals surface area contributed by atoms with E-state index in [9.17, 15) is 4.79 Å². The molecule has 1 aliphatic rings. The third-order valence-corrected chi connectivity index (χ3v) is 3.63. The van der Waals surface area contributed by atoms with Crippen LogP contribution in [-0.2, 0) is 11.3 Å². The highest BCUT2D eigenvalue weighted by atomic mass is 16.5. The van der Waals surface area contributed by atoms with Crippen molar-refractivity contribution in [1.82, 2.24) is 4.90 Å². The van der Waals surface area contributed by atoms with Gasteiger partial charge in [0, 0.05) is 12.1 Å². The molecule has 0 spiro atoms. The van der Waals surface area contributed by atoms with Gasteiger partial charge in [-0.2, -0.15) is 0 Å². The fourth-order valence-electron chi connectivity index (χ4n) is 2.51. The van der Waals surface area contributed by atoms with E-state index >= 15 is 0 Å². The molecule has 1 heterocycles. The molecule has 2 aromatic carbocycles. The van der Waals surface area contributed by atoms with Crippen LogP contribution in [0.5, 0.6) is 5.75 Å². The van der Waals surface area contributed by atoms with Crippen LogP contribution in [0.25, 0.3) is 5.70 Å². The van der Waals surface area contributed by atoms with Gasteiger partial charge in [-0.05, 0) is 35.4 Å². The number of ether oxygens (including phenoxy) is 1.